The van der Waals surface area contributed by atoms with Crippen LogP contribution in [0.5, 0.6) is 0 Å². The summed E-state index contributed by atoms with van der Waals surface area (Å²) in [5.41, 5.74) is 3.34. The standard InChI is InChI=1S/C26H30N2O5/c1-26(2,24(31)27-17-9-7-8-16(14-17)23(29)30)28-25(32)33-15-22-20-12-5-3-10-18(20)19-11-4-6-13-21(19)22/h3-6,10-13,16-17,22H,7-9,14-15H2,1-2H3,(H,27,31)(H,28,32)(H,29,30)/t16-,17+/m1/s1. The van der Waals surface area contributed by atoms with Crippen LogP contribution in [-0.2, 0) is 14.3 Å². The maximum Gasteiger partial charge on any atom is 0.408 e. The van der Waals surface area contributed by atoms with E-state index in [-0.39, 0.29) is 24.5 Å². The van der Waals surface area contributed by atoms with Gasteiger partial charge >= 0.3 is 12.1 Å². The van der Waals surface area contributed by atoms with Gasteiger partial charge in [0.2, 0.25) is 5.91 Å². The van der Waals surface area contributed by atoms with Crippen LogP contribution in [-0.4, -0.2) is 41.3 Å². The Morgan fingerprint density at radius 1 is 1.00 bits per heavy atom. The van der Waals surface area contributed by atoms with E-state index in [9.17, 15) is 19.5 Å². The highest BCUT2D eigenvalue weighted by molar-refractivity contribution is 5.89. The number of benzene rings is 2. The molecule has 0 spiro atoms. The van der Waals surface area contributed by atoms with E-state index in [1.165, 1.54) is 0 Å². The Morgan fingerprint density at radius 2 is 1.61 bits per heavy atom. The van der Waals surface area contributed by atoms with Crippen LogP contribution in [0.25, 0.3) is 11.1 Å². The average molecular weight is 451 g/mol. The maximum atomic E-state index is 12.8. The van der Waals surface area contributed by atoms with Gasteiger partial charge in [-0.25, -0.2) is 4.79 Å². The summed E-state index contributed by atoms with van der Waals surface area (Å²) in [5.74, 6) is -1.69. The second kappa shape index (κ2) is 9.25. The second-order valence-electron chi connectivity index (χ2n) is 9.45. The lowest BCUT2D eigenvalue weighted by molar-refractivity contribution is -0.143. The fraction of sp³-hybridized carbons (Fsp3) is 0.423. The summed E-state index contributed by atoms with van der Waals surface area (Å²) >= 11 is 0. The minimum Gasteiger partial charge on any atom is -0.481 e. The van der Waals surface area contributed by atoms with Crippen molar-refractivity contribution in [2.45, 2.75) is 57.0 Å². The molecule has 2 aromatic rings. The van der Waals surface area contributed by atoms with Crippen LogP contribution < -0.4 is 10.6 Å². The SMILES string of the molecule is CC(C)(NC(=O)OCC1c2ccccc2-c2ccccc21)C(=O)N[C@H]1CCC[C@@H](C(=O)O)C1. The highest BCUT2D eigenvalue weighted by atomic mass is 16.5. The predicted octanol–water partition coefficient (Wildman–Crippen LogP) is 4.06. The number of alkyl carbamates (subject to hydrolysis) is 1. The van der Waals surface area contributed by atoms with E-state index in [0.717, 1.165) is 35.1 Å². The molecule has 0 aliphatic heterocycles. The van der Waals surface area contributed by atoms with Gasteiger partial charge in [-0.2, -0.15) is 0 Å². The average Bonchev–Trinajstić information content (AvgIpc) is 3.11. The van der Waals surface area contributed by atoms with Crippen LogP contribution in [0.3, 0.4) is 0 Å². The van der Waals surface area contributed by atoms with Gasteiger partial charge in [0.25, 0.3) is 0 Å². The Hall–Kier alpha value is -3.35. The van der Waals surface area contributed by atoms with Gasteiger partial charge in [0.05, 0.1) is 5.92 Å². The Bertz CT molecular complexity index is 1020. The molecule has 33 heavy (non-hydrogen) atoms. The van der Waals surface area contributed by atoms with Gasteiger partial charge < -0.3 is 20.5 Å². The molecule has 7 heteroatoms. The van der Waals surface area contributed by atoms with E-state index in [1.54, 1.807) is 13.8 Å². The first-order valence-corrected chi connectivity index (χ1v) is 11.4. The van der Waals surface area contributed by atoms with Crippen molar-refractivity contribution in [2.24, 2.45) is 5.92 Å². The lowest BCUT2D eigenvalue weighted by atomic mass is 9.85. The van der Waals surface area contributed by atoms with E-state index in [4.69, 9.17) is 4.74 Å². The van der Waals surface area contributed by atoms with Crippen molar-refractivity contribution in [1.82, 2.24) is 10.6 Å². The number of amides is 2. The molecule has 0 aromatic heterocycles. The number of carboxylic acids is 1. The zero-order valence-corrected chi connectivity index (χ0v) is 19.0. The molecule has 2 amide bonds. The Morgan fingerprint density at radius 3 is 2.21 bits per heavy atom. The first kappa shape index (κ1) is 22.8. The lowest BCUT2D eigenvalue weighted by Gasteiger charge is -2.31. The van der Waals surface area contributed by atoms with Gasteiger partial charge in [0.15, 0.2) is 0 Å². The first-order valence-electron chi connectivity index (χ1n) is 11.4. The molecule has 7 nitrogen and oxygen atoms in total. The van der Waals surface area contributed by atoms with E-state index in [0.29, 0.717) is 12.8 Å². The zero-order valence-electron chi connectivity index (χ0n) is 19.0. The molecule has 0 bridgehead atoms. The molecule has 2 aliphatic rings. The molecule has 0 saturated heterocycles. The summed E-state index contributed by atoms with van der Waals surface area (Å²) in [6, 6.07) is 16.0. The van der Waals surface area contributed by atoms with Crippen LogP contribution in [0.2, 0.25) is 0 Å². The van der Waals surface area contributed by atoms with Crippen LogP contribution in [0, 0.1) is 5.92 Å². The number of hydrogen-bond donors (Lipinski definition) is 3. The van der Waals surface area contributed by atoms with Gasteiger partial charge in [-0.15, -0.1) is 0 Å². The number of fused-ring (bicyclic) bond motifs is 3. The van der Waals surface area contributed by atoms with E-state index < -0.39 is 23.5 Å². The van der Waals surface area contributed by atoms with Crippen molar-refractivity contribution in [3.63, 3.8) is 0 Å². The van der Waals surface area contributed by atoms with Crippen LogP contribution in [0.4, 0.5) is 4.79 Å². The summed E-state index contributed by atoms with van der Waals surface area (Å²) in [6.45, 7) is 3.39. The van der Waals surface area contributed by atoms with E-state index in [1.807, 2.05) is 36.4 Å². The highest BCUT2D eigenvalue weighted by Gasteiger charge is 2.35. The number of aliphatic carboxylic acids is 1. The number of ether oxygens (including phenoxy) is 1. The molecule has 0 unspecified atom stereocenters. The van der Waals surface area contributed by atoms with Gasteiger partial charge in [-0.3, -0.25) is 9.59 Å². The van der Waals surface area contributed by atoms with Crippen molar-refractivity contribution >= 4 is 18.0 Å². The fourth-order valence-corrected chi connectivity index (χ4v) is 4.86. The summed E-state index contributed by atoms with van der Waals surface area (Å²) in [5, 5.41) is 14.8. The summed E-state index contributed by atoms with van der Waals surface area (Å²) in [7, 11) is 0. The third kappa shape index (κ3) is 4.87. The monoisotopic (exact) mass is 450 g/mol. The minimum absolute atomic E-state index is 0.0599. The minimum atomic E-state index is -1.20. The molecule has 4 rings (SSSR count). The van der Waals surface area contributed by atoms with Gasteiger partial charge in [-0.05, 0) is 55.4 Å². The normalized spacial score (nSPS) is 19.8. The van der Waals surface area contributed by atoms with Crippen LogP contribution in [0.15, 0.2) is 48.5 Å². The first-order chi connectivity index (χ1) is 15.8. The number of hydrogen-bond acceptors (Lipinski definition) is 4. The highest BCUT2D eigenvalue weighted by Crippen LogP contribution is 2.44. The summed E-state index contributed by atoms with van der Waals surface area (Å²) in [4.78, 5) is 36.7. The molecule has 2 aromatic carbocycles. The number of carboxylic acid groups (broad SMARTS) is 1. The van der Waals surface area contributed by atoms with Crippen molar-refractivity contribution in [1.29, 1.82) is 0 Å². The lowest BCUT2D eigenvalue weighted by Crippen LogP contribution is -2.57. The zero-order chi connectivity index (χ0) is 23.6. The van der Waals surface area contributed by atoms with Crippen molar-refractivity contribution < 1.29 is 24.2 Å². The van der Waals surface area contributed by atoms with Gasteiger partial charge in [0.1, 0.15) is 12.1 Å². The Kier molecular flexibility index (Phi) is 6.40. The van der Waals surface area contributed by atoms with E-state index >= 15 is 0 Å². The smallest absolute Gasteiger partial charge is 0.408 e. The topological polar surface area (TPSA) is 105 Å². The Labute approximate surface area is 193 Å². The third-order valence-electron chi connectivity index (χ3n) is 6.68. The quantitative estimate of drug-likeness (QED) is 0.616. The van der Waals surface area contributed by atoms with E-state index in [2.05, 4.69) is 22.8 Å². The molecular weight excluding hydrogens is 420 g/mol. The van der Waals surface area contributed by atoms with Crippen molar-refractivity contribution in [3.8, 4) is 11.1 Å². The molecule has 1 saturated carbocycles. The van der Waals surface area contributed by atoms with Crippen molar-refractivity contribution in [2.75, 3.05) is 6.61 Å². The molecule has 174 valence electrons. The molecule has 2 atom stereocenters. The predicted molar refractivity (Wildman–Crippen MR) is 124 cm³/mol. The molecular formula is C26H30N2O5. The molecule has 3 N–H and O–H groups in total. The van der Waals surface area contributed by atoms with Crippen molar-refractivity contribution in [3.05, 3.63) is 59.7 Å². The molecule has 0 heterocycles. The Balaban J connectivity index is 1.35. The number of nitrogens with one attached hydrogen (secondary N) is 2. The molecule has 0 radical (unpaired) electrons. The van der Waals surface area contributed by atoms with Crippen LogP contribution in [0.1, 0.15) is 56.6 Å². The summed E-state index contributed by atoms with van der Waals surface area (Å²) in [6.07, 6.45) is 1.85. The van der Waals surface area contributed by atoms with Gasteiger partial charge in [-0.1, -0.05) is 55.0 Å². The second-order valence-corrected chi connectivity index (χ2v) is 9.45. The van der Waals surface area contributed by atoms with Gasteiger partial charge in [0, 0.05) is 12.0 Å². The number of rotatable bonds is 6. The fourth-order valence-electron chi connectivity index (χ4n) is 4.86. The number of carbonyl (C=O) groups is 3. The molecule has 2 aliphatic carbocycles. The third-order valence-corrected chi connectivity index (χ3v) is 6.68. The summed E-state index contributed by atoms with van der Waals surface area (Å²) < 4.78 is 5.56. The maximum absolute atomic E-state index is 12.8. The molecule has 1 fully saturated rings. The largest absolute Gasteiger partial charge is 0.481 e. The number of carbonyl (C=O) groups excluding carboxylic acids is 2. The van der Waals surface area contributed by atoms with Crippen LogP contribution >= 0.6 is 0 Å².